The van der Waals surface area contributed by atoms with Gasteiger partial charge >= 0.3 is 0 Å². The van der Waals surface area contributed by atoms with E-state index in [-0.39, 0.29) is 13.2 Å². The molecule has 0 radical (unpaired) electrons. The Morgan fingerprint density at radius 2 is 1.65 bits per heavy atom. The maximum Gasteiger partial charge on any atom is 0.234 e. The van der Waals surface area contributed by atoms with E-state index in [0.29, 0.717) is 40.4 Å². The molecule has 3 aromatic carbocycles. The van der Waals surface area contributed by atoms with Crippen LogP contribution in [0.25, 0.3) is 17.1 Å². The monoisotopic (exact) mass is 495 g/mol. The summed E-state index contributed by atoms with van der Waals surface area (Å²) in [5.74, 6) is 2.75. The minimum absolute atomic E-state index is 0.236. The Bertz CT molecular complexity index is 1490. The number of hydrogen-bond acceptors (Lipinski definition) is 7. The molecule has 0 amide bonds. The SMILES string of the molecule is COc1cc(COc2cc(C=O)n(-c3ccccc3)n2)ccc1OCc1nc(-c2ccccc2)oc1C. The number of carbonyl (C=O) groups excluding carboxylic acids is 1. The second-order valence-corrected chi connectivity index (χ2v) is 8.22. The van der Waals surface area contributed by atoms with Crippen molar-refractivity contribution < 1.29 is 23.4 Å². The number of aryl methyl sites for hydroxylation is 1. The summed E-state index contributed by atoms with van der Waals surface area (Å²) in [6, 6.07) is 26.3. The van der Waals surface area contributed by atoms with E-state index in [0.717, 1.165) is 23.1 Å². The molecule has 2 heterocycles. The van der Waals surface area contributed by atoms with E-state index in [1.807, 2.05) is 85.8 Å². The summed E-state index contributed by atoms with van der Waals surface area (Å²) in [5.41, 5.74) is 3.66. The number of aromatic nitrogens is 3. The normalized spacial score (nSPS) is 10.8. The predicted octanol–water partition coefficient (Wildman–Crippen LogP) is 5.81. The topological polar surface area (TPSA) is 88.6 Å². The second-order valence-electron chi connectivity index (χ2n) is 8.22. The summed E-state index contributed by atoms with van der Waals surface area (Å²) in [4.78, 5) is 16.1. The van der Waals surface area contributed by atoms with E-state index in [9.17, 15) is 4.79 Å². The Morgan fingerprint density at radius 1 is 0.892 bits per heavy atom. The van der Waals surface area contributed by atoms with E-state index in [1.54, 1.807) is 17.9 Å². The number of hydrogen-bond donors (Lipinski definition) is 0. The molecule has 0 aliphatic carbocycles. The van der Waals surface area contributed by atoms with E-state index in [1.165, 1.54) is 0 Å². The fourth-order valence-electron chi connectivity index (χ4n) is 3.79. The molecular weight excluding hydrogens is 470 g/mol. The van der Waals surface area contributed by atoms with E-state index >= 15 is 0 Å². The Hall–Kier alpha value is -4.85. The van der Waals surface area contributed by atoms with E-state index < -0.39 is 0 Å². The Labute approximate surface area is 214 Å². The highest BCUT2D eigenvalue weighted by Gasteiger charge is 2.14. The molecule has 0 saturated carbocycles. The first kappa shape index (κ1) is 23.9. The molecule has 0 unspecified atom stereocenters. The maximum absolute atomic E-state index is 11.5. The summed E-state index contributed by atoms with van der Waals surface area (Å²) in [6.07, 6.45) is 0.751. The Kier molecular flexibility index (Phi) is 6.98. The lowest BCUT2D eigenvalue weighted by Gasteiger charge is -2.12. The molecule has 0 bridgehead atoms. The third-order valence-corrected chi connectivity index (χ3v) is 5.73. The molecule has 8 nitrogen and oxygen atoms in total. The number of methoxy groups -OCH3 is 1. The first-order chi connectivity index (χ1) is 18.1. The minimum Gasteiger partial charge on any atom is -0.493 e. The standard InChI is InChI=1S/C29H25N3O5/c1-20-25(30-29(37-20)22-9-5-3-6-10-22)19-35-26-14-13-21(15-27(26)34-2)18-36-28-16-24(17-33)32(31-28)23-11-7-4-8-12-23/h3-17H,18-19H2,1-2H3. The predicted molar refractivity (Wildman–Crippen MR) is 137 cm³/mol. The van der Waals surface area contributed by atoms with Gasteiger partial charge in [-0.1, -0.05) is 42.5 Å². The van der Waals surface area contributed by atoms with Crippen LogP contribution in [0.15, 0.2) is 89.3 Å². The molecular formula is C29H25N3O5. The number of carbonyl (C=O) groups is 1. The van der Waals surface area contributed by atoms with Gasteiger partial charge in [0, 0.05) is 11.6 Å². The van der Waals surface area contributed by atoms with Gasteiger partial charge in [-0.05, 0) is 48.9 Å². The highest BCUT2D eigenvalue weighted by molar-refractivity contribution is 5.74. The molecule has 8 heteroatoms. The zero-order valence-electron chi connectivity index (χ0n) is 20.5. The van der Waals surface area contributed by atoms with Crippen LogP contribution in [0.1, 0.15) is 27.5 Å². The van der Waals surface area contributed by atoms with Crippen molar-refractivity contribution in [3.05, 3.63) is 108 Å². The number of oxazole rings is 1. The van der Waals surface area contributed by atoms with Crippen molar-refractivity contribution in [2.24, 2.45) is 0 Å². The van der Waals surface area contributed by atoms with Crippen LogP contribution in [0.4, 0.5) is 0 Å². The molecule has 5 aromatic rings. The van der Waals surface area contributed by atoms with Gasteiger partial charge in [0.2, 0.25) is 11.8 Å². The van der Waals surface area contributed by atoms with Gasteiger partial charge in [-0.3, -0.25) is 4.79 Å². The average molecular weight is 496 g/mol. The minimum atomic E-state index is 0.236. The van der Waals surface area contributed by atoms with Gasteiger partial charge in [-0.25, -0.2) is 9.67 Å². The quantitative estimate of drug-likeness (QED) is 0.226. The van der Waals surface area contributed by atoms with Crippen molar-refractivity contribution in [3.63, 3.8) is 0 Å². The van der Waals surface area contributed by atoms with Crippen LogP contribution in [0.2, 0.25) is 0 Å². The highest BCUT2D eigenvalue weighted by Crippen LogP contribution is 2.30. The average Bonchev–Trinajstić information content (AvgIpc) is 3.55. The lowest BCUT2D eigenvalue weighted by molar-refractivity contribution is 0.111. The fourth-order valence-corrected chi connectivity index (χ4v) is 3.79. The van der Waals surface area contributed by atoms with E-state index in [4.69, 9.17) is 18.6 Å². The summed E-state index contributed by atoms with van der Waals surface area (Å²) in [5, 5.41) is 4.41. The molecule has 0 aliphatic heterocycles. The van der Waals surface area contributed by atoms with Crippen LogP contribution >= 0.6 is 0 Å². The first-order valence-corrected chi connectivity index (χ1v) is 11.7. The number of para-hydroxylation sites is 1. The lowest BCUT2D eigenvalue weighted by atomic mass is 10.2. The molecule has 0 saturated heterocycles. The molecule has 37 heavy (non-hydrogen) atoms. The second kappa shape index (κ2) is 10.8. The van der Waals surface area contributed by atoms with Crippen molar-refractivity contribution in [2.45, 2.75) is 20.1 Å². The number of nitrogens with zero attached hydrogens (tertiary/aromatic N) is 3. The lowest BCUT2D eigenvalue weighted by Crippen LogP contribution is -2.02. The zero-order chi connectivity index (χ0) is 25.6. The van der Waals surface area contributed by atoms with Crippen molar-refractivity contribution in [1.29, 1.82) is 0 Å². The Morgan fingerprint density at radius 3 is 2.38 bits per heavy atom. The summed E-state index contributed by atoms with van der Waals surface area (Å²) >= 11 is 0. The molecule has 0 N–H and O–H groups in total. The van der Waals surface area contributed by atoms with Crippen LogP contribution in [0, 0.1) is 6.92 Å². The zero-order valence-corrected chi connectivity index (χ0v) is 20.5. The molecule has 0 fully saturated rings. The number of rotatable bonds is 10. The number of benzene rings is 3. The summed E-state index contributed by atoms with van der Waals surface area (Å²) in [7, 11) is 1.58. The van der Waals surface area contributed by atoms with Crippen molar-refractivity contribution in [2.75, 3.05) is 7.11 Å². The Balaban J connectivity index is 1.25. The van der Waals surface area contributed by atoms with Crippen LogP contribution in [-0.2, 0) is 13.2 Å². The van der Waals surface area contributed by atoms with Crippen LogP contribution in [0.5, 0.6) is 17.4 Å². The molecule has 2 aromatic heterocycles. The van der Waals surface area contributed by atoms with Gasteiger partial charge in [0.1, 0.15) is 30.4 Å². The maximum atomic E-state index is 11.5. The van der Waals surface area contributed by atoms with Crippen molar-refractivity contribution >= 4 is 6.29 Å². The van der Waals surface area contributed by atoms with Gasteiger partial charge in [-0.15, -0.1) is 5.10 Å². The fraction of sp³-hybridized carbons (Fsp3) is 0.138. The molecule has 5 rings (SSSR count). The third kappa shape index (κ3) is 5.38. The van der Waals surface area contributed by atoms with Gasteiger partial charge in [-0.2, -0.15) is 0 Å². The van der Waals surface area contributed by atoms with Gasteiger partial charge < -0.3 is 18.6 Å². The van der Waals surface area contributed by atoms with Crippen LogP contribution < -0.4 is 14.2 Å². The smallest absolute Gasteiger partial charge is 0.234 e. The van der Waals surface area contributed by atoms with Gasteiger partial charge in [0.15, 0.2) is 17.8 Å². The van der Waals surface area contributed by atoms with Crippen molar-refractivity contribution in [3.8, 4) is 34.5 Å². The molecule has 0 spiro atoms. The third-order valence-electron chi connectivity index (χ3n) is 5.73. The van der Waals surface area contributed by atoms with Crippen molar-refractivity contribution in [1.82, 2.24) is 14.8 Å². The molecule has 186 valence electrons. The number of ether oxygens (including phenoxy) is 3. The van der Waals surface area contributed by atoms with E-state index in [2.05, 4.69) is 10.1 Å². The first-order valence-electron chi connectivity index (χ1n) is 11.7. The summed E-state index contributed by atoms with van der Waals surface area (Å²) < 4.78 is 24.8. The molecule has 0 atom stereocenters. The largest absolute Gasteiger partial charge is 0.493 e. The van der Waals surface area contributed by atoms with Gasteiger partial charge in [0.05, 0.1) is 12.8 Å². The number of aldehydes is 1. The highest BCUT2D eigenvalue weighted by atomic mass is 16.5. The summed E-state index contributed by atoms with van der Waals surface area (Å²) in [6.45, 7) is 2.34. The molecule has 0 aliphatic rings. The van der Waals surface area contributed by atoms with Gasteiger partial charge in [0.25, 0.3) is 0 Å². The van der Waals surface area contributed by atoms with Crippen LogP contribution in [-0.4, -0.2) is 28.2 Å². The van der Waals surface area contributed by atoms with Crippen LogP contribution in [0.3, 0.4) is 0 Å².